The van der Waals surface area contributed by atoms with Crippen LogP contribution in [-0.2, 0) is 5.41 Å². The Morgan fingerprint density at radius 3 is 2.44 bits per heavy atom. The van der Waals surface area contributed by atoms with Crippen molar-refractivity contribution in [2.24, 2.45) is 0 Å². The molecule has 41 heavy (non-hydrogen) atoms. The maximum absolute atomic E-state index is 5.88. The number of nitrogens with zero attached hydrogens (tertiary/aromatic N) is 6. The Kier molecular flexibility index (Phi) is 6.80. The molecular weight excluding hydrogens is 534 g/mol. The molecule has 0 fully saturated rings. The van der Waals surface area contributed by atoms with Crippen molar-refractivity contribution in [1.82, 2.24) is 34.9 Å². The van der Waals surface area contributed by atoms with Gasteiger partial charge >= 0.3 is 0 Å². The molecule has 0 unspecified atom stereocenters. The molecule has 11 heteroatoms. The molecular formula is C30H29N9OS. The van der Waals surface area contributed by atoms with Crippen LogP contribution in [0.3, 0.4) is 0 Å². The van der Waals surface area contributed by atoms with E-state index in [9.17, 15) is 0 Å². The van der Waals surface area contributed by atoms with E-state index >= 15 is 0 Å². The number of nitrogen functional groups attached to an aromatic ring is 1. The minimum atomic E-state index is -0.138. The molecule has 4 N–H and O–H groups in total. The van der Waals surface area contributed by atoms with Gasteiger partial charge in [0, 0.05) is 23.1 Å². The van der Waals surface area contributed by atoms with E-state index in [2.05, 4.69) is 81.6 Å². The van der Waals surface area contributed by atoms with E-state index in [4.69, 9.17) is 15.6 Å². The third kappa shape index (κ3) is 5.71. The summed E-state index contributed by atoms with van der Waals surface area (Å²) in [7, 11) is 0. The van der Waals surface area contributed by atoms with Gasteiger partial charge in [-0.1, -0.05) is 62.9 Å². The number of hydrogen-bond donors (Lipinski definition) is 3. The Bertz CT molecular complexity index is 1840. The molecule has 0 atom stereocenters. The summed E-state index contributed by atoms with van der Waals surface area (Å²) < 4.78 is 7.78. The number of aromatic amines is 1. The largest absolute Gasteiger partial charge is 0.439 e. The maximum atomic E-state index is 5.88. The Morgan fingerprint density at radius 2 is 1.68 bits per heavy atom. The third-order valence-electron chi connectivity index (χ3n) is 6.42. The molecule has 6 rings (SSSR count). The second kappa shape index (κ2) is 10.6. The number of benzene rings is 3. The fourth-order valence-electron chi connectivity index (χ4n) is 4.27. The van der Waals surface area contributed by atoms with E-state index in [0.29, 0.717) is 34.4 Å². The van der Waals surface area contributed by atoms with E-state index in [-0.39, 0.29) is 5.41 Å². The fraction of sp³-hybridized carbons (Fsp3) is 0.167. The van der Waals surface area contributed by atoms with Gasteiger partial charge in [0.1, 0.15) is 17.4 Å². The fourth-order valence-corrected chi connectivity index (χ4v) is 4.65. The minimum Gasteiger partial charge on any atom is -0.439 e. The number of nitrogens with one attached hydrogen (secondary N) is 2. The quantitative estimate of drug-likeness (QED) is 0.143. The van der Waals surface area contributed by atoms with Gasteiger partial charge in [0.2, 0.25) is 11.8 Å². The zero-order valence-electron chi connectivity index (χ0n) is 23.1. The predicted molar refractivity (Wildman–Crippen MR) is 163 cm³/mol. The smallest absolute Gasteiger partial charge is 0.248 e. The van der Waals surface area contributed by atoms with Crippen molar-refractivity contribution in [3.8, 4) is 28.7 Å². The molecule has 0 aliphatic rings. The molecule has 0 saturated carbocycles. The molecule has 0 spiro atoms. The van der Waals surface area contributed by atoms with Crippen LogP contribution >= 0.6 is 11.8 Å². The molecule has 0 amide bonds. The molecule has 0 radical (unpaired) electrons. The van der Waals surface area contributed by atoms with Gasteiger partial charge in [-0.2, -0.15) is 15.1 Å². The van der Waals surface area contributed by atoms with Gasteiger partial charge < -0.3 is 15.8 Å². The average Bonchev–Trinajstić information content (AvgIpc) is 3.61. The van der Waals surface area contributed by atoms with Crippen LogP contribution in [0.2, 0.25) is 0 Å². The van der Waals surface area contributed by atoms with Crippen molar-refractivity contribution < 1.29 is 4.74 Å². The number of fused-ring (bicyclic) bond motifs is 1. The number of thioether (sulfide) groups is 1. The molecule has 206 valence electrons. The molecule has 6 aromatic rings. The van der Waals surface area contributed by atoms with Gasteiger partial charge in [0.05, 0.1) is 11.4 Å². The monoisotopic (exact) mass is 563 g/mol. The standard InChI is InChI=1S/C30H29N9OS/c1-30(2,3)23-16-25(39(38-23)21-12-9-18-7-5-6-8-20(18)15-21)33-28-35-27(36-37-28)19-10-13-22(14-11-19)40-26-17-24(31)32-29(34-26)41-4/h5-17H,1-4H3,(H2,31,32,34)(H2,33,35,36,37). The summed E-state index contributed by atoms with van der Waals surface area (Å²) in [6, 6.07) is 25.7. The van der Waals surface area contributed by atoms with Gasteiger partial charge in [0.15, 0.2) is 11.0 Å². The van der Waals surface area contributed by atoms with Crippen LogP contribution in [0.1, 0.15) is 26.5 Å². The van der Waals surface area contributed by atoms with Crippen molar-refractivity contribution in [3.05, 3.63) is 84.6 Å². The first kappa shape index (κ1) is 26.3. The number of H-pyrrole nitrogens is 1. The van der Waals surface area contributed by atoms with Gasteiger partial charge in [0.25, 0.3) is 0 Å². The molecule has 3 aromatic heterocycles. The Balaban J connectivity index is 1.24. The van der Waals surface area contributed by atoms with Crippen molar-refractivity contribution in [2.75, 3.05) is 17.3 Å². The summed E-state index contributed by atoms with van der Waals surface area (Å²) in [6.07, 6.45) is 1.88. The SMILES string of the molecule is CSc1nc(N)cc(Oc2ccc(-c3nc(Nc4cc(C(C)(C)C)nn4-c4ccc5ccccc5c4)n[nH]3)cc2)n1. The van der Waals surface area contributed by atoms with E-state index < -0.39 is 0 Å². The highest BCUT2D eigenvalue weighted by molar-refractivity contribution is 7.98. The maximum Gasteiger partial charge on any atom is 0.248 e. The van der Waals surface area contributed by atoms with Crippen molar-refractivity contribution >= 4 is 40.1 Å². The average molecular weight is 564 g/mol. The van der Waals surface area contributed by atoms with Crippen LogP contribution in [0.25, 0.3) is 27.8 Å². The topological polar surface area (TPSA) is 132 Å². The second-order valence-corrected chi connectivity index (χ2v) is 11.3. The van der Waals surface area contributed by atoms with Crippen molar-refractivity contribution in [3.63, 3.8) is 0 Å². The number of aromatic nitrogens is 7. The van der Waals surface area contributed by atoms with Crippen LogP contribution in [0.15, 0.2) is 84.0 Å². The summed E-state index contributed by atoms with van der Waals surface area (Å²) in [5.74, 6) is 3.18. The highest BCUT2D eigenvalue weighted by Gasteiger charge is 2.21. The van der Waals surface area contributed by atoms with Crippen LogP contribution in [0.4, 0.5) is 17.6 Å². The summed E-state index contributed by atoms with van der Waals surface area (Å²) in [5.41, 5.74) is 8.47. The van der Waals surface area contributed by atoms with Gasteiger partial charge in [-0.05, 0) is 53.4 Å². The summed E-state index contributed by atoms with van der Waals surface area (Å²) >= 11 is 1.40. The van der Waals surface area contributed by atoms with Crippen LogP contribution in [0, 0.1) is 0 Å². The molecule has 3 aromatic carbocycles. The van der Waals surface area contributed by atoms with Gasteiger partial charge in [-0.3, -0.25) is 5.10 Å². The summed E-state index contributed by atoms with van der Waals surface area (Å²) in [6.45, 7) is 6.43. The number of hydrogen-bond acceptors (Lipinski definition) is 9. The first-order valence-electron chi connectivity index (χ1n) is 13.0. The number of ether oxygens (including phenoxy) is 1. The zero-order chi connectivity index (χ0) is 28.6. The molecule has 0 saturated heterocycles. The molecule has 0 aliphatic carbocycles. The zero-order valence-corrected chi connectivity index (χ0v) is 23.9. The van der Waals surface area contributed by atoms with Gasteiger partial charge in [-0.15, -0.1) is 5.10 Å². The third-order valence-corrected chi connectivity index (χ3v) is 6.96. The first-order valence-corrected chi connectivity index (χ1v) is 14.2. The first-order chi connectivity index (χ1) is 19.7. The van der Waals surface area contributed by atoms with Crippen LogP contribution in [0.5, 0.6) is 11.6 Å². The Morgan fingerprint density at radius 1 is 0.902 bits per heavy atom. The lowest BCUT2D eigenvalue weighted by molar-refractivity contribution is 0.456. The Labute approximate surface area is 241 Å². The normalized spacial score (nSPS) is 11.6. The van der Waals surface area contributed by atoms with E-state index in [1.807, 2.05) is 53.4 Å². The highest BCUT2D eigenvalue weighted by atomic mass is 32.2. The summed E-state index contributed by atoms with van der Waals surface area (Å²) in [5, 5.41) is 18.6. The molecule has 3 heterocycles. The molecule has 0 aliphatic heterocycles. The van der Waals surface area contributed by atoms with E-state index in [1.165, 1.54) is 17.1 Å². The number of rotatable bonds is 7. The highest BCUT2D eigenvalue weighted by Crippen LogP contribution is 2.30. The van der Waals surface area contributed by atoms with E-state index in [1.54, 1.807) is 6.07 Å². The summed E-state index contributed by atoms with van der Waals surface area (Å²) in [4.78, 5) is 13.2. The lowest BCUT2D eigenvalue weighted by Crippen LogP contribution is -2.12. The second-order valence-electron chi connectivity index (χ2n) is 10.5. The van der Waals surface area contributed by atoms with Crippen molar-refractivity contribution in [1.29, 1.82) is 0 Å². The lowest BCUT2D eigenvalue weighted by Gasteiger charge is -2.14. The Hall–Kier alpha value is -4.90. The van der Waals surface area contributed by atoms with Gasteiger partial charge in [-0.25, -0.2) is 9.67 Å². The van der Waals surface area contributed by atoms with Crippen LogP contribution < -0.4 is 15.8 Å². The van der Waals surface area contributed by atoms with Crippen LogP contribution in [-0.4, -0.2) is 41.2 Å². The number of anilines is 3. The lowest BCUT2D eigenvalue weighted by atomic mass is 9.92. The number of nitrogens with two attached hydrogens (primary N) is 1. The van der Waals surface area contributed by atoms with E-state index in [0.717, 1.165) is 28.1 Å². The van der Waals surface area contributed by atoms with Crippen molar-refractivity contribution in [2.45, 2.75) is 31.3 Å². The minimum absolute atomic E-state index is 0.138. The predicted octanol–water partition coefficient (Wildman–Crippen LogP) is 6.74. The molecule has 10 nitrogen and oxygen atoms in total. The molecule has 0 bridgehead atoms.